The Balaban J connectivity index is 2.06. The molecule has 1 fully saturated rings. The maximum atomic E-state index is 15.0. The Labute approximate surface area is 186 Å². The lowest BCUT2D eigenvalue weighted by molar-refractivity contribution is -0.0632. The molecule has 1 aromatic rings. The van der Waals surface area contributed by atoms with Crippen LogP contribution < -0.4 is 4.72 Å². The summed E-state index contributed by atoms with van der Waals surface area (Å²) in [6.45, 7) is 12.4. The number of nitrogens with zero attached hydrogens (tertiary/aromatic N) is 1. The van der Waals surface area contributed by atoms with Crippen molar-refractivity contribution in [1.29, 1.82) is 0 Å². The van der Waals surface area contributed by atoms with Crippen molar-refractivity contribution in [3.63, 3.8) is 0 Å². The fourth-order valence-electron chi connectivity index (χ4n) is 3.21. The number of carbonyl (C=O) groups is 1. The van der Waals surface area contributed by atoms with E-state index in [0.717, 1.165) is 6.07 Å². The summed E-state index contributed by atoms with van der Waals surface area (Å²) in [5, 5.41) is 0. The standard InChI is InChI=1S/C22H33F3N2O3S/c1-14(26-31(29)21(5,6)7)16-9-8-10-17(18(16)23)22(24,25)11-15-12-27(13-15)19(28)30-20(2,3)4/h8-10,14-15,26H,11-13H2,1-7H3/t14?,31-/m0/s1. The number of rotatable bonds is 6. The van der Waals surface area contributed by atoms with Crippen LogP contribution in [0.15, 0.2) is 18.2 Å². The van der Waals surface area contributed by atoms with Gasteiger partial charge >= 0.3 is 6.09 Å². The Morgan fingerprint density at radius 2 is 1.84 bits per heavy atom. The molecule has 1 aliphatic heterocycles. The summed E-state index contributed by atoms with van der Waals surface area (Å²) in [4.78, 5) is 13.3. The highest BCUT2D eigenvalue weighted by Crippen LogP contribution is 2.40. The Morgan fingerprint density at radius 1 is 1.26 bits per heavy atom. The number of halogens is 3. The van der Waals surface area contributed by atoms with Crippen molar-refractivity contribution in [2.24, 2.45) is 5.92 Å². The molecular formula is C22H33F3N2O3S. The fourth-order valence-corrected chi connectivity index (χ4v) is 4.02. The van der Waals surface area contributed by atoms with Crippen LogP contribution in [0, 0.1) is 11.7 Å². The normalized spacial score (nSPS) is 17.8. The van der Waals surface area contributed by atoms with Crippen molar-refractivity contribution in [1.82, 2.24) is 9.62 Å². The van der Waals surface area contributed by atoms with Gasteiger partial charge < -0.3 is 14.2 Å². The van der Waals surface area contributed by atoms with Crippen LogP contribution in [0.25, 0.3) is 0 Å². The highest BCUT2D eigenvalue weighted by Gasteiger charge is 2.43. The molecule has 0 bridgehead atoms. The molecule has 1 N–H and O–H groups in total. The van der Waals surface area contributed by atoms with Gasteiger partial charge in [0.1, 0.15) is 16.2 Å². The van der Waals surface area contributed by atoms with Crippen LogP contribution in [0.2, 0.25) is 0 Å². The quantitative estimate of drug-likeness (QED) is 0.584. The van der Waals surface area contributed by atoms with E-state index in [1.165, 1.54) is 17.0 Å². The molecule has 1 heterocycles. The van der Waals surface area contributed by atoms with Crippen molar-refractivity contribution in [2.45, 2.75) is 77.2 Å². The van der Waals surface area contributed by atoms with Gasteiger partial charge in [-0.05, 0) is 48.5 Å². The van der Waals surface area contributed by atoms with Crippen molar-refractivity contribution in [2.75, 3.05) is 13.1 Å². The summed E-state index contributed by atoms with van der Waals surface area (Å²) in [7, 11) is 0. The number of nitrogens with one attached hydrogen (secondary N) is 1. The van der Waals surface area contributed by atoms with Gasteiger partial charge in [0.25, 0.3) is 5.92 Å². The molecule has 1 amide bonds. The molecule has 1 unspecified atom stereocenters. The van der Waals surface area contributed by atoms with Crippen LogP contribution in [0.4, 0.5) is 18.0 Å². The second-order valence-electron chi connectivity index (χ2n) is 10.1. The van der Waals surface area contributed by atoms with Gasteiger partial charge in [-0.3, -0.25) is 0 Å². The molecule has 0 saturated carbocycles. The van der Waals surface area contributed by atoms with Gasteiger partial charge in [-0.1, -0.05) is 18.2 Å². The average molecular weight is 463 g/mol. The fraction of sp³-hybridized carbons (Fsp3) is 0.682. The van der Waals surface area contributed by atoms with Crippen molar-refractivity contribution >= 4 is 17.5 Å². The van der Waals surface area contributed by atoms with Crippen LogP contribution in [0.1, 0.15) is 72.1 Å². The molecule has 9 heteroatoms. The highest BCUT2D eigenvalue weighted by molar-refractivity contribution is 7.90. The number of alkyl halides is 2. The first-order chi connectivity index (χ1) is 14.0. The summed E-state index contributed by atoms with van der Waals surface area (Å²) >= 11 is -1.47. The van der Waals surface area contributed by atoms with E-state index in [1.807, 2.05) is 0 Å². The molecule has 0 radical (unpaired) electrons. The maximum Gasteiger partial charge on any atom is 0.410 e. The van der Waals surface area contributed by atoms with E-state index in [1.54, 1.807) is 48.5 Å². The maximum absolute atomic E-state index is 15.0. The summed E-state index contributed by atoms with van der Waals surface area (Å²) in [6.07, 6.45) is -1.10. The third-order valence-corrected chi connectivity index (χ3v) is 6.56. The number of carbonyl (C=O) groups excluding carboxylic acids is 1. The summed E-state index contributed by atoms with van der Waals surface area (Å²) < 4.78 is 64.6. The van der Waals surface area contributed by atoms with E-state index >= 15 is 4.39 Å². The van der Waals surface area contributed by atoms with Crippen molar-refractivity contribution in [3.8, 4) is 0 Å². The number of benzene rings is 1. The average Bonchev–Trinajstić information content (AvgIpc) is 2.55. The molecule has 0 aliphatic carbocycles. The van der Waals surface area contributed by atoms with Gasteiger partial charge in [0.05, 0.1) is 11.6 Å². The lowest BCUT2D eigenvalue weighted by Gasteiger charge is -2.41. The molecular weight excluding hydrogens is 429 g/mol. The van der Waals surface area contributed by atoms with Gasteiger partial charge in [0.2, 0.25) is 0 Å². The summed E-state index contributed by atoms with van der Waals surface area (Å²) in [5.41, 5.74) is -1.30. The van der Waals surface area contributed by atoms with Crippen LogP contribution in [0.5, 0.6) is 0 Å². The molecule has 0 spiro atoms. The first-order valence-corrected chi connectivity index (χ1v) is 11.5. The van der Waals surface area contributed by atoms with Crippen LogP contribution >= 0.6 is 0 Å². The first-order valence-electron chi connectivity index (χ1n) is 10.3. The predicted octanol–water partition coefficient (Wildman–Crippen LogP) is 5.29. The van der Waals surface area contributed by atoms with E-state index in [4.69, 9.17) is 4.74 Å². The molecule has 5 nitrogen and oxygen atoms in total. The SMILES string of the molecule is CC(N[S@@+]([O-])C(C)(C)C)c1cccc(C(F)(F)CC2CN(C(=O)OC(C)(C)C)C2)c1F. The van der Waals surface area contributed by atoms with E-state index in [-0.39, 0.29) is 18.7 Å². The second kappa shape index (κ2) is 9.19. The largest absolute Gasteiger partial charge is 0.598 e. The summed E-state index contributed by atoms with van der Waals surface area (Å²) in [5.74, 6) is -4.84. The molecule has 0 aromatic heterocycles. The Bertz CT molecular complexity index is 787. The molecule has 176 valence electrons. The Morgan fingerprint density at radius 3 is 2.35 bits per heavy atom. The van der Waals surface area contributed by atoms with E-state index in [2.05, 4.69) is 4.72 Å². The molecule has 2 rings (SSSR count). The van der Waals surface area contributed by atoms with E-state index in [9.17, 15) is 18.1 Å². The third-order valence-electron chi connectivity index (χ3n) is 4.88. The van der Waals surface area contributed by atoms with Gasteiger partial charge in [-0.25, -0.2) is 18.0 Å². The second-order valence-corrected chi connectivity index (χ2v) is 12.1. The molecule has 31 heavy (non-hydrogen) atoms. The van der Waals surface area contributed by atoms with E-state index < -0.39 is 63.5 Å². The molecule has 1 saturated heterocycles. The minimum absolute atomic E-state index is 0.0405. The number of likely N-dealkylation sites (tertiary alicyclic amines) is 1. The van der Waals surface area contributed by atoms with Gasteiger partial charge in [-0.2, -0.15) is 0 Å². The summed E-state index contributed by atoms with van der Waals surface area (Å²) in [6, 6.07) is 3.17. The van der Waals surface area contributed by atoms with Gasteiger partial charge in [0.15, 0.2) is 0 Å². The van der Waals surface area contributed by atoms with Crippen LogP contribution in [-0.4, -0.2) is 39.0 Å². The number of ether oxygens (including phenoxy) is 1. The lowest BCUT2D eigenvalue weighted by atomic mass is 9.89. The van der Waals surface area contributed by atoms with Crippen LogP contribution in [-0.2, 0) is 22.0 Å². The highest BCUT2D eigenvalue weighted by atomic mass is 32.2. The lowest BCUT2D eigenvalue weighted by Crippen LogP contribution is -2.52. The van der Waals surface area contributed by atoms with Crippen molar-refractivity contribution < 1.29 is 27.3 Å². The van der Waals surface area contributed by atoms with Gasteiger partial charge in [-0.15, -0.1) is 4.72 Å². The first kappa shape index (κ1) is 25.8. The monoisotopic (exact) mass is 462 g/mol. The minimum atomic E-state index is -3.40. The number of hydrogen-bond acceptors (Lipinski definition) is 4. The van der Waals surface area contributed by atoms with E-state index in [0.29, 0.717) is 0 Å². The minimum Gasteiger partial charge on any atom is -0.598 e. The van der Waals surface area contributed by atoms with Gasteiger partial charge in [0, 0.05) is 42.4 Å². The molecule has 1 aromatic carbocycles. The number of hydrogen-bond donors (Lipinski definition) is 1. The topological polar surface area (TPSA) is 64.6 Å². The Hall–Kier alpha value is -1.45. The Kier molecular flexibility index (Phi) is 7.65. The molecule has 2 atom stereocenters. The molecule has 1 aliphatic rings. The predicted molar refractivity (Wildman–Crippen MR) is 116 cm³/mol. The van der Waals surface area contributed by atoms with Crippen LogP contribution in [0.3, 0.4) is 0 Å². The third kappa shape index (κ3) is 6.76. The smallest absolute Gasteiger partial charge is 0.410 e. The zero-order valence-electron chi connectivity index (χ0n) is 19.2. The zero-order valence-corrected chi connectivity index (χ0v) is 20.0. The zero-order chi connectivity index (χ0) is 23.8. The number of amides is 1. The van der Waals surface area contributed by atoms with Crippen molar-refractivity contribution in [3.05, 3.63) is 35.1 Å².